The van der Waals surface area contributed by atoms with Crippen molar-refractivity contribution in [2.45, 2.75) is 18.9 Å². The Morgan fingerprint density at radius 1 is 1.35 bits per heavy atom. The van der Waals surface area contributed by atoms with Gasteiger partial charge in [0.05, 0.1) is 11.0 Å². The van der Waals surface area contributed by atoms with E-state index in [9.17, 15) is 0 Å². The second kappa shape index (κ2) is 4.04. The van der Waals surface area contributed by atoms with Gasteiger partial charge in [-0.3, -0.25) is 0 Å². The first kappa shape index (κ1) is 10.6. The van der Waals surface area contributed by atoms with Crippen molar-refractivity contribution >= 4 is 17.0 Å². The van der Waals surface area contributed by atoms with Gasteiger partial charge in [-0.2, -0.15) is 0 Å². The summed E-state index contributed by atoms with van der Waals surface area (Å²) in [5.74, 6) is 1.04. The van der Waals surface area contributed by atoms with Gasteiger partial charge in [0.25, 0.3) is 0 Å². The van der Waals surface area contributed by atoms with E-state index in [0.29, 0.717) is 0 Å². The van der Waals surface area contributed by atoms with E-state index in [1.54, 1.807) is 0 Å². The second-order valence-electron chi connectivity index (χ2n) is 4.81. The third-order valence-corrected chi connectivity index (χ3v) is 3.50. The number of aromatic nitrogens is 2. The third-order valence-electron chi connectivity index (χ3n) is 3.50. The van der Waals surface area contributed by atoms with E-state index < -0.39 is 0 Å². The lowest BCUT2D eigenvalue weighted by atomic mass is 10.1. The number of nitrogens with zero attached hydrogens (tertiary/aromatic N) is 3. The van der Waals surface area contributed by atoms with E-state index in [2.05, 4.69) is 34.7 Å². The zero-order valence-corrected chi connectivity index (χ0v) is 10.1. The van der Waals surface area contributed by atoms with Crippen molar-refractivity contribution in [2.24, 2.45) is 12.8 Å². The summed E-state index contributed by atoms with van der Waals surface area (Å²) in [5.41, 5.74) is 8.27. The first-order valence-electron chi connectivity index (χ1n) is 6.17. The Kier molecular flexibility index (Phi) is 2.52. The zero-order chi connectivity index (χ0) is 11.8. The van der Waals surface area contributed by atoms with Crippen LogP contribution in [0, 0.1) is 0 Å². The number of anilines is 1. The monoisotopic (exact) mass is 230 g/mol. The molecule has 0 spiro atoms. The number of benzene rings is 1. The van der Waals surface area contributed by atoms with Gasteiger partial charge in [-0.15, -0.1) is 0 Å². The average molecular weight is 230 g/mol. The van der Waals surface area contributed by atoms with E-state index in [1.807, 2.05) is 6.07 Å². The summed E-state index contributed by atoms with van der Waals surface area (Å²) in [4.78, 5) is 7.00. The second-order valence-corrected chi connectivity index (χ2v) is 4.81. The first-order valence-corrected chi connectivity index (χ1v) is 6.17. The fourth-order valence-corrected chi connectivity index (χ4v) is 2.61. The summed E-state index contributed by atoms with van der Waals surface area (Å²) in [6, 6.07) is 8.53. The normalized spacial score (nSPS) is 21.1. The highest BCUT2D eigenvalue weighted by Crippen LogP contribution is 2.23. The van der Waals surface area contributed by atoms with E-state index >= 15 is 0 Å². The topological polar surface area (TPSA) is 47.1 Å². The van der Waals surface area contributed by atoms with Gasteiger partial charge < -0.3 is 15.2 Å². The lowest BCUT2D eigenvalue weighted by Gasteiger charge is -2.31. The number of hydrogen-bond acceptors (Lipinski definition) is 3. The van der Waals surface area contributed by atoms with Crippen molar-refractivity contribution in [2.75, 3.05) is 18.0 Å². The molecule has 1 aliphatic heterocycles. The van der Waals surface area contributed by atoms with Crippen LogP contribution in [-0.2, 0) is 7.05 Å². The zero-order valence-electron chi connectivity index (χ0n) is 10.1. The van der Waals surface area contributed by atoms with Crippen molar-refractivity contribution in [1.29, 1.82) is 0 Å². The Morgan fingerprint density at radius 2 is 2.18 bits per heavy atom. The molecule has 1 atom stereocenters. The minimum atomic E-state index is 0.281. The van der Waals surface area contributed by atoms with Crippen LogP contribution in [-0.4, -0.2) is 28.7 Å². The molecule has 1 aromatic carbocycles. The number of fused-ring (bicyclic) bond motifs is 1. The molecule has 4 nitrogen and oxygen atoms in total. The maximum absolute atomic E-state index is 6.03. The van der Waals surface area contributed by atoms with Crippen LogP contribution in [0.2, 0.25) is 0 Å². The quantitative estimate of drug-likeness (QED) is 0.807. The molecule has 0 radical (unpaired) electrons. The Balaban J connectivity index is 2.02. The fourth-order valence-electron chi connectivity index (χ4n) is 2.61. The van der Waals surface area contributed by atoms with Crippen LogP contribution in [0.1, 0.15) is 12.8 Å². The van der Waals surface area contributed by atoms with Crippen molar-refractivity contribution in [3.63, 3.8) is 0 Å². The molecule has 1 aromatic heterocycles. The lowest BCUT2D eigenvalue weighted by molar-refractivity contribution is 0.497. The SMILES string of the molecule is Cn1c(N2CCCC(N)C2)nc2ccccc21. The molecule has 1 fully saturated rings. The molecule has 0 bridgehead atoms. The summed E-state index contributed by atoms with van der Waals surface area (Å²) in [6.45, 7) is 1.97. The molecule has 1 unspecified atom stereocenters. The van der Waals surface area contributed by atoms with E-state index in [4.69, 9.17) is 10.7 Å². The summed E-state index contributed by atoms with van der Waals surface area (Å²) in [7, 11) is 2.07. The van der Waals surface area contributed by atoms with Crippen LogP contribution in [0.3, 0.4) is 0 Å². The Morgan fingerprint density at radius 3 is 2.94 bits per heavy atom. The van der Waals surface area contributed by atoms with Crippen molar-refractivity contribution in [3.05, 3.63) is 24.3 Å². The number of imidazole rings is 1. The molecule has 2 aromatic rings. The van der Waals surface area contributed by atoms with Gasteiger partial charge in [0, 0.05) is 26.2 Å². The number of para-hydroxylation sites is 2. The molecule has 0 amide bonds. The maximum Gasteiger partial charge on any atom is 0.206 e. The minimum absolute atomic E-state index is 0.281. The molecule has 0 aliphatic carbocycles. The highest BCUT2D eigenvalue weighted by molar-refractivity contribution is 5.78. The van der Waals surface area contributed by atoms with E-state index in [-0.39, 0.29) is 6.04 Å². The fraction of sp³-hybridized carbons (Fsp3) is 0.462. The van der Waals surface area contributed by atoms with Crippen LogP contribution in [0.15, 0.2) is 24.3 Å². The predicted octanol–water partition coefficient (Wildman–Crippen LogP) is 1.50. The summed E-state index contributed by atoms with van der Waals surface area (Å²) in [6.07, 6.45) is 2.28. The molecule has 4 heteroatoms. The number of aryl methyl sites for hydroxylation is 1. The van der Waals surface area contributed by atoms with Crippen molar-refractivity contribution < 1.29 is 0 Å². The maximum atomic E-state index is 6.03. The molecule has 3 rings (SSSR count). The first-order chi connectivity index (χ1) is 8.25. The molecule has 1 aliphatic rings. The molecular weight excluding hydrogens is 212 g/mol. The van der Waals surface area contributed by atoms with Gasteiger partial charge in [-0.05, 0) is 25.0 Å². The predicted molar refractivity (Wildman–Crippen MR) is 70.1 cm³/mol. The number of piperidine rings is 1. The summed E-state index contributed by atoms with van der Waals surface area (Å²) >= 11 is 0. The standard InChI is InChI=1S/C13H18N4/c1-16-12-7-3-2-6-11(12)15-13(16)17-8-4-5-10(14)9-17/h2-3,6-7,10H,4-5,8-9,14H2,1H3. The van der Waals surface area contributed by atoms with Crippen molar-refractivity contribution in [1.82, 2.24) is 9.55 Å². The van der Waals surface area contributed by atoms with Gasteiger partial charge in [0.2, 0.25) is 5.95 Å². The highest BCUT2D eigenvalue weighted by atomic mass is 15.3. The number of rotatable bonds is 1. The van der Waals surface area contributed by atoms with Crippen LogP contribution in [0.5, 0.6) is 0 Å². The number of nitrogens with two attached hydrogens (primary N) is 1. The summed E-state index contributed by atoms with van der Waals surface area (Å²) < 4.78 is 2.16. The lowest BCUT2D eigenvalue weighted by Crippen LogP contribution is -2.43. The number of hydrogen-bond donors (Lipinski definition) is 1. The molecule has 2 N–H and O–H groups in total. The van der Waals surface area contributed by atoms with Crippen LogP contribution < -0.4 is 10.6 Å². The largest absolute Gasteiger partial charge is 0.341 e. The molecule has 0 saturated carbocycles. The Hall–Kier alpha value is -1.55. The van der Waals surface area contributed by atoms with Gasteiger partial charge in [0.1, 0.15) is 0 Å². The smallest absolute Gasteiger partial charge is 0.206 e. The Labute approximate surface area is 101 Å². The molecule has 90 valence electrons. The average Bonchev–Trinajstić information content (AvgIpc) is 2.68. The molecule has 17 heavy (non-hydrogen) atoms. The van der Waals surface area contributed by atoms with Gasteiger partial charge in [-0.1, -0.05) is 12.1 Å². The Bertz CT molecular complexity index is 531. The van der Waals surface area contributed by atoms with Crippen LogP contribution >= 0.6 is 0 Å². The highest BCUT2D eigenvalue weighted by Gasteiger charge is 2.20. The van der Waals surface area contributed by atoms with Crippen LogP contribution in [0.4, 0.5) is 5.95 Å². The minimum Gasteiger partial charge on any atom is -0.341 e. The third kappa shape index (κ3) is 1.78. The van der Waals surface area contributed by atoms with Crippen molar-refractivity contribution in [3.8, 4) is 0 Å². The van der Waals surface area contributed by atoms with E-state index in [0.717, 1.165) is 37.4 Å². The summed E-state index contributed by atoms with van der Waals surface area (Å²) in [5, 5.41) is 0. The van der Waals surface area contributed by atoms with Crippen LogP contribution in [0.25, 0.3) is 11.0 Å². The molecule has 1 saturated heterocycles. The molecular formula is C13H18N4. The van der Waals surface area contributed by atoms with E-state index in [1.165, 1.54) is 5.52 Å². The van der Waals surface area contributed by atoms with Gasteiger partial charge in [0.15, 0.2) is 0 Å². The molecule has 2 heterocycles. The van der Waals surface area contributed by atoms with Gasteiger partial charge in [-0.25, -0.2) is 4.98 Å². The van der Waals surface area contributed by atoms with Gasteiger partial charge >= 0.3 is 0 Å².